The van der Waals surface area contributed by atoms with Crippen molar-refractivity contribution in [2.24, 2.45) is 5.92 Å². The first kappa shape index (κ1) is 19.0. The molecule has 0 unspecified atom stereocenters. The van der Waals surface area contributed by atoms with Gasteiger partial charge in [-0.1, -0.05) is 20.3 Å². The first-order valence-electron chi connectivity index (χ1n) is 8.62. The molecule has 142 valence electrons. The zero-order valence-corrected chi connectivity index (χ0v) is 16.2. The van der Waals surface area contributed by atoms with Gasteiger partial charge in [0.2, 0.25) is 5.91 Å². The highest BCUT2D eigenvalue weighted by Crippen LogP contribution is 2.37. The third-order valence-electron chi connectivity index (χ3n) is 4.79. The van der Waals surface area contributed by atoms with Gasteiger partial charge in [0.1, 0.15) is 6.04 Å². The van der Waals surface area contributed by atoms with Gasteiger partial charge in [-0.15, -0.1) is 0 Å². The lowest BCUT2D eigenvalue weighted by atomic mass is 9.93. The van der Waals surface area contributed by atoms with Gasteiger partial charge in [0.05, 0.1) is 16.3 Å². The molecule has 0 aliphatic carbocycles. The first-order valence-corrected chi connectivity index (χ1v) is 10.5. The molecule has 2 heterocycles. The second kappa shape index (κ2) is 7.11. The smallest absolute Gasteiger partial charge is 0.259 e. The Morgan fingerprint density at radius 1 is 1.26 bits per heavy atom. The van der Waals surface area contributed by atoms with Crippen molar-refractivity contribution in [1.29, 1.82) is 0 Å². The molecule has 1 N–H and O–H groups in total. The molecule has 7 nitrogen and oxygen atoms in total. The number of sulfone groups is 1. The van der Waals surface area contributed by atoms with Gasteiger partial charge in [-0.2, -0.15) is 0 Å². The minimum Gasteiger partial charge on any atom is -0.322 e. The van der Waals surface area contributed by atoms with Crippen molar-refractivity contribution in [3.8, 4) is 0 Å². The average molecular weight is 387 g/mol. The second-order valence-corrected chi connectivity index (χ2v) is 8.70. The van der Waals surface area contributed by atoms with E-state index in [1.807, 2.05) is 13.8 Å². The second-order valence-electron chi connectivity index (χ2n) is 6.68. The van der Waals surface area contributed by atoms with E-state index in [1.165, 1.54) is 29.4 Å². The van der Waals surface area contributed by atoms with Crippen molar-refractivity contribution >= 4 is 33.0 Å². The molecule has 1 aromatic carbocycles. The number of hydrogen-bond acceptors (Lipinski definition) is 5. The van der Waals surface area contributed by atoms with E-state index < -0.39 is 15.9 Å². The lowest BCUT2D eigenvalue weighted by Crippen LogP contribution is -2.54. The Morgan fingerprint density at radius 3 is 2.52 bits per heavy atom. The number of fused-ring (bicyclic) bond motifs is 1. The Labute approximate surface area is 158 Å². The van der Waals surface area contributed by atoms with Crippen molar-refractivity contribution in [1.82, 2.24) is 4.98 Å². The summed E-state index contributed by atoms with van der Waals surface area (Å²) in [5, 5.41) is 2.76. The van der Waals surface area contributed by atoms with Crippen LogP contribution in [0.3, 0.4) is 0 Å². The lowest BCUT2D eigenvalue weighted by Gasteiger charge is -2.39. The summed E-state index contributed by atoms with van der Waals surface area (Å²) in [7, 11) is -3.44. The van der Waals surface area contributed by atoms with E-state index in [2.05, 4.69) is 10.3 Å². The number of benzene rings is 1. The van der Waals surface area contributed by atoms with Crippen LogP contribution in [0.25, 0.3) is 0 Å². The molecular formula is C19H21N3O4S. The third kappa shape index (κ3) is 3.57. The number of pyridine rings is 1. The van der Waals surface area contributed by atoms with Gasteiger partial charge in [-0.25, -0.2) is 8.42 Å². The Balaban J connectivity index is 2.17. The van der Waals surface area contributed by atoms with Gasteiger partial charge >= 0.3 is 0 Å². The molecule has 2 amide bonds. The molecule has 0 radical (unpaired) electrons. The van der Waals surface area contributed by atoms with E-state index in [0.717, 1.165) is 6.26 Å². The van der Waals surface area contributed by atoms with E-state index >= 15 is 0 Å². The van der Waals surface area contributed by atoms with Crippen LogP contribution >= 0.6 is 0 Å². The molecule has 1 aliphatic heterocycles. The van der Waals surface area contributed by atoms with E-state index in [9.17, 15) is 18.0 Å². The van der Waals surface area contributed by atoms with E-state index in [-0.39, 0.29) is 22.6 Å². The van der Waals surface area contributed by atoms with Crippen LogP contribution in [0, 0.1) is 5.92 Å². The molecular weight excluding hydrogens is 366 g/mol. The molecule has 0 saturated carbocycles. The summed E-state index contributed by atoms with van der Waals surface area (Å²) in [5.41, 5.74) is 1.20. The van der Waals surface area contributed by atoms with Crippen LogP contribution in [0.4, 0.5) is 11.4 Å². The van der Waals surface area contributed by atoms with Gasteiger partial charge in [0.15, 0.2) is 9.84 Å². The zero-order chi connectivity index (χ0) is 19.8. The highest BCUT2D eigenvalue weighted by molar-refractivity contribution is 7.90. The number of nitrogens with one attached hydrogen (secondary N) is 1. The maximum absolute atomic E-state index is 13.2. The molecule has 3 rings (SSSR count). The summed E-state index contributed by atoms with van der Waals surface area (Å²) in [6.07, 6.45) is 4.84. The number of hydrogen-bond donors (Lipinski definition) is 1. The Bertz CT molecular complexity index is 989. The molecule has 2 aromatic rings. The van der Waals surface area contributed by atoms with Crippen LogP contribution in [0.2, 0.25) is 0 Å². The molecule has 2 atom stereocenters. The molecule has 8 heteroatoms. The predicted molar refractivity (Wildman–Crippen MR) is 102 cm³/mol. The number of carbonyl (C=O) groups is 2. The summed E-state index contributed by atoms with van der Waals surface area (Å²) in [6, 6.07) is 6.90. The molecule has 27 heavy (non-hydrogen) atoms. The lowest BCUT2D eigenvalue weighted by molar-refractivity contribution is -0.118. The molecule has 1 aromatic heterocycles. The van der Waals surface area contributed by atoms with Gasteiger partial charge in [0.25, 0.3) is 5.91 Å². The number of carbonyl (C=O) groups excluding carboxylic acids is 2. The molecule has 1 aliphatic rings. The summed E-state index contributed by atoms with van der Waals surface area (Å²) < 4.78 is 23.7. The van der Waals surface area contributed by atoms with Crippen molar-refractivity contribution in [2.45, 2.75) is 31.2 Å². The molecule has 0 fully saturated rings. The highest BCUT2D eigenvalue weighted by atomic mass is 32.2. The van der Waals surface area contributed by atoms with Crippen LogP contribution in [-0.2, 0) is 14.6 Å². The maximum atomic E-state index is 13.2. The number of rotatable bonds is 4. The quantitative estimate of drug-likeness (QED) is 0.869. The fourth-order valence-electron chi connectivity index (χ4n) is 3.14. The van der Waals surface area contributed by atoms with E-state index in [0.29, 0.717) is 23.4 Å². The third-order valence-corrected chi connectivity index (χ3v) is 5.90. The Hall–Kier alpha value is -2.74. The van der Waals surface area contributed by atoms with Gasteiger partial charge < -0.3 is 5.32 Å². The summed E-state index contributed by atoms with van der Waals surface area (Å²) in [4.78, 5) is 31.5. The predicted octanol–water partition coefficient (Wildman–Crippen LogP) is 2.50. The first-order chi connectivity index (χ1) is 12.7. The SMILES string of the molecule is CC[C@H](C)[C@H]1C(=O)Nc2cc(S(C)(=O)=O)ccc2N1C(=O)c1ccncc1. The van der Waals surface area contributed by atoms with Crippen LogP contribution in [0.15, 0.2) is 47.6 Å². The fourth-order valence-corrected chi connectivity index (χ4v) is 3.78. The van der Waals surface area contributed by atoms with Gasteiger partial charge in [-0.05, 0) is 36.2 Å². The van der Waals surface area contributed by atoms with Crippen molar-refractivity contribution in [3.05, 3.63) is 48.3 Å². The monoisotopic (exact) mass is 387 g/mol. The number of anilines is 2. The number of nitrogens with zero attached hydrogens (tertiary/aromatic N) is 2. The fraction of sp³-hybridized carbons (Fsp3) is 0.316. The van der Waals surface area contributed by atoms with Crippen LogP contribution in [0.5, 0.6) is 0 Å². The van der Waals surface area contributed by atoms with Crippen molar-refractivity contribution in [3.63, 3.8) is 0 Å². The molecule has 0 saturated heterocycles. The largest absolute Gasteiger partial charge is 0.322 e. The zero-order valence-electron chi connectivity index (χ0n) is 15.3. The minimum atomic E-state index is -3.44. The van der Waals surface area contributed by atoms with E-state index in [4.69, 9.17) is 0 Å². The number of aromatic nitrogens is 1. The highest BCUT2D eigenvalue weighted by Gasteiger charge is 2.40. The van der Waals surface area contributed by atoms with Crippen LogP contribution in [-0.4, -0.2) is 37.5 Å². The van der Waals surface area contributed by atoms with Gasteiger partial charge in [-0.3, -0.25) is 19.5 Å². The van der Waals surface area contributed by atoms with Crippen LogP contribution < -0.4 is 10.2 Å². The minimum absolute atomic E-state index is 0.0832. The standard InChI is InChI=1S/C19H21N3O4S/c1-4-12(2)17-18(23)21-15-11-14(27(3,25)26)5-6-16(15)22(17)19(24)13-7-9-20-10-8-13/h5-12,17H,4H2,1-3H3,(H,21,23)/t12-,17-/m0/s1. The summed E-state index contributed by atoms with van der Waals surface area (Å²) in [5.74, 6) is -0.741. The topological polar surface area (TPSA) is 96.4 Å². The number of amides is 2. The summed E-state index contributed by atoms with van der Waals surface area (Å²) >= 11 is 0. The average Bonchev–Trinajstić information content (AvgIpc) is 2.65. The maximum Gasteiger partial charge on any atom is 0.259 e. The van der Waals surface area contributed by atoms with Crippen molar-refractivity contribution in [2.75, 3.05) is 16.5 Å². The summed E-state index contributed by atoms with van der Waals surface area (Å²) in [6.45, 7) is 3.86. The van der Waals surface area contributed by atoms with Gasteiger partial charge in [0, 0.05) is 24.2 Å². The molecule has 0 bridgehead atoms. The molecule has 0 spiro atoms. The van der Waals surface area contributed by atoms with Crippen molar-refractivity contribution < 1.29 is 18.0 Å². The van der Waals surface area contributed by atoms with E-state index in [1.54, 1.807) is 18.2 Å². The van der Waals surface area contributed by atoms with Crippen LogP contribution in [0.1, 0.15) is 30.6 Å². The normalized spacial score (nSPS) is 17.8. The Morgan fingerprint density at radius 2 is 1.93 bits per heavy atom. The Kier molecular flexibility index (Phi) is 5.01.